The van der Waals surface area contributed by atoms with Gasteiger partial charge in [0.1, 0.15) is 0 Å². The van der Waals surface area contributed by atoms with Crippen LogP contribution in [0.4, 0.5) is 0 Å². The summed E-state index contributed by atoms with van der Waals surface area (Å²) in [5.74, 6) is 0. The second-order valence-corrected chi connectivity index (χ2v) is 11.6. The highest BCUT2D eigenvalue weighted by Gasteiger charge is 2.07. The molecule has 0 heterocycles. The Kier molecular flexibility index (Phi) is 33.9. The van der Waals surface area contributed by atoms with E-state index in [1.165, 1.54) is 147 Å². The van der Waals surface area contributed by atoms with Gasteiger partial charge in [0.2, 0.25) is 0 Å². The molecule has 0 saturated heterocycles. The standard InChI is InChI=1S/C37H69NO/c1-3-5-7-9-11-13-15-17-19-21-23-25-27-29-31-33-35-37(38-39)36-34-32-30-28-26-24-22-20-18-16-14-12-10-8-6-4-2/h11-14,17-20,37H,3-10,15-16,21-36,38H2,1-2H3/b13-11-,14-12-,19-17-,20-18-. The number of hydrogen-bond donors (Lipinski definition) is 1. The molecule has 0 amide bonds. The molecule has 0 unspecified atom stereocenters. The number of unbranched alkanes of at least 4 members (excludes halogenated alkanes) is 18. The Morgan fingerprint density at radius 3 is 1.05 bits per heavy atom. The molecule has 0 aliphatic heterocycles. The van der Waals surface area contributed by atoms with E-state index in [1.54, 1.807) is 0 Å². The van der Waals surface area contributed by atoms with Crippen molar-refractivity contribution in [2.24, 2.45) is 0 Å². The zero-order valence-corrected chi connectivity index (χ0v) is 26.6. The van der Waals surface area contributed by atoms with Crippen molar-refractivity contribution in [2.45, 2.75) is 187 Å². The average Bonchev–Trinajstić information content (AvgIpc) is 2.95. The number of hydroxylamine groups is 1. The Balaban J connectivity index is 3.41. The van der Waals surface area contributed by atoms with Gasteiger partial charge in [-0.15, -0.1) is 0 Å². The molecule has 0 fully saturated rings. The molecule has 0 aliphatic rings. The Morgan fingerprint density at radius 1 is 0.410 bits per heavy atom. The van der Waals surface area contributed by atoms with Crippen molar-refractivity contribution < 1.29 is 5.48 Å². The summed E-state index contributed by atoms with van der Waals surface area (Å²) in [6, 6.07) is 0.307. The summed E-state index contributed by atoms with van der Waals surface area (Å²) in [5.41, 5.74) is 1.24. The predicted molar refractivity (Wildman–Crippen MR) is 177 cm³/mol. The van der Waals surface area contributed by atoms with Crippen LogP contribution < -0.4 is 5.48 Å². The minimum absolute atomic E-state index is 0.307. The first-order chi connectivity index (χ1) is 19.3. The lowest BCUT2D eigenvalue weighted by atomic mass is 10.0. The largest absolute Gasteiger partial charge is 0.636 e. The molecule has 228 valence electrons. The molecule has 0 rings (SSSR count). The first-order valence-electron chi connectivity index (χ1n) is 17.4. The van der Waals surface area contributed by atoms with Gasteiger partial charge in [0.15, 0.2) is 0 Å². The smallest absolute Gasteiger partial charge is 0.0856 e. The minimum Gasteiger partial charge on any atom is -0.636 e. The molecule has 2 N–H and O–H groups in total. The molecule has 39 heavy (non-hydrogen) atoms. The summed E-state index contributed by atoms with van der Waals surface area (Å²) in [6.07, 6.45) is 51.8. The Hall–Kier alpha value is -1.12. The molecular weight excluding hydrogens is 474 g/mol. The predicted octanol–water partition coefficient (Wildman–Crippen LogP) is 11.8. The van der Waals surface area contributed by atoms with Gasteiger partial charge in [-0.3, -0.25) is 0 Å². The van der Waals surface area contributed by atoms with E-state index >= 15 is 0 Å². The Morgan fingerprint density at radius 2 is 0.718 bits per heavy atom. The van der Waals surface area contributed by atoms with E-state index in [-0.39, 0.29) is 0 Å². The first-order valence-corrected chi connectivity index (χ1v) is 17.4. The lowest BCUT2D eigenvalue weighted by Crippen LogP contribution is -2.84. The first kappa shape index (κ1) is 37.9. The molecule has 2 heteroatoms. The summed E-state index contributed by atoms with van der Waals surface area (Å²) in [6.45, 7) is 4.52. The maximum atomic E-state index is 11.5. The SMILES string of the molecule is CCCCC/C=C\C/C=C\CCCCCCCCC(CCCCCCCC/C=C\C/C=C\CCCCC)[NH2+][O-]. The van der Waals surface area contributed by atoms with Crippen molar-refractivity contribution in [3.8, 4) is 0 Å². The van der Waals surface area contributed by atoms with Gasteiger partial charge in [-0.2, -0.15) is 0 Å². The van der Waals surface area contributed by atoms with Gasteiger partial charge in [-0.05, 0) is 89.9 Å². The molecule has 0 bridgehead atoms. The second-order valence-electron chi connectivity index (χ2n) is 11.6. The summed E-state index contributed by atoms with van der Waals surface area (Å²) in [5, 5.41) is 11.5. The van der Waals surface area contributed by atoms with Gasteiger partial charge < -0.3 is 10.7 Å². The highest BCUT2D eigenvalue weighted by molar-refractivity contribution is 4.93. The van der Waals surface area contributed by atoms with Crippen molar-refractivity contribution in [3.63, 3.8) is 0 Å². The lowest BCUT2D eigenvalue weighted by Gasteiger charge is -2.17. The van der Waals surface area contributed by atoms with Crippen LogP contribution >= 0.6 is 0 Å². The molecule has 0 aliphatic carbocycles. The molecule has 0 aromatic rings. The summed E-state index contributed by atoms with van der Waals surface area (Å²) in [4.78, 5) is 0. The van der Waals surface area contributed by atoms with Crippen molar-refractivity contribution in [1.29, 1.82) is 0 Å². The van der Waals surface area contributed by atoms with Crippen molar-refractivity contribution in [2.75, 3.05) is 0 Å². The van der Waals surface area contributed by atoms with Crippen LogP contribution in [0.3, 0.4) is 0 Å². The second kappa shape index (κ2) is 34.9. The number of allylic oxidation sites excluding steroid dienone is 8. The summed E-state index contributed by atoms with van der Waals surface area (Å²) < 4.78 is 0. The van der Waals surface area contributed by atoms with Crippen LogP contribution in [-0.2, 0) is 0 Å². The number of hydrogen-bond acceptors (Lipinski definition) is 1. The molecule has 0 aromatic carbocycles. The number of rotatable bonds is 31. The highest BCUT2D eigenvalue weighted by Crippen LogP contribution is 2.14. The van der Waals surface area contributed by atoms with E-state index in [1.807, 2.05) is 0 Å². The minimum atomic E-state index is 0.307. The Bertz CT molecular complexity index is 514. The fourth-order valence-electron chi connectivity index (χ4n) is 5.07. The summed E-state index contributed by atoms with van der Waals surface area (Å²) >= 11 is 0. The van der Waals surface area contributed by atoms with Crippen LogP contribution in [0.2, 0.25) is 0 Å². The van der Waals surface area contributed by atoms with Crippen LogP contribution in [0.1, 0.15) is 181 Å². The van der Waals surface area contributed by atoms with Crippen LogP contribution in [-0.4, -0.2) is 6.04 Å². The summed E-state index contributed by atoms with van der Waals surface area (Å²) in [7, 11) is 0. The molecule has 0 radical (unpaired) electrons. The molecule has 0 saturated carbocycles. The quantitative estimate of drug-likeness (QED) is 0.0527. The van der Waals surface area contributed by atoms with Gasteiger partial charge in [0, 0.05) is 0 Å². The van der Waals surface area contributed by atoms with E-state index < -0.39 is 0 Å². The zero-order valence-electron chi connectivity index (χ0n) is 26.6. The van der Waals surface area contributed by atoms with E-state index in [9.17, 15) is 5.21 Å². The molecule has 0 atom stereocenters. The van der Waals surface area contributed by atoms with E-state index in [2.05, 4.69) is 62.5 Å². The monoisotopic (exact) mass is 544 g/mol. The van der Waals surface area contributed by atoms with E-state index in [4.69, 9.17) is 0 Å². The average molecular weight is 544 g/mol. The molecule has 0 spiro atoms. The Labute approximate surface area is 245 Å². The van der Waals surface area contributed by atoms with Gasteiger partial charge in [-0.25, -0.2) is 0 Å². The third-order valence-corrected chi connectivity index (χ3v) is 7.74. The van der Waals surface area contributed by atoms with Gasteiger partial charge in [0.05, 0.1) is 6.04 Å². The van der Waals surface area contributed by atoms with E-state index in [0.29, 0.717) is 6.04 Å². The lowest BCUT2D eigenvalue weighted by molar-refractivity contribution is -0.629. The van der Waals surface area contributed by atoms with E-state index in [0.717, 1.165) is 25.7 Å². The van der Waals surface area contributed by atoms with Crippen molar-refractivity contribution in [3.05, 3.63) is 53.8 Å². The normalized spacial score (nSPS) is 12.5. The van der Waals surface area contributed by atoms with Crippen LogP contribution in [0, 0.1) is 5.21 Å². The highest BCUT2D eigenvalue weighted by atomic mass is 16.5. The number of nitrogens with two attached hydrogens (primary N) is 1. The topological polar surface area (TPSA) is 39.7 Å². The van der Waals surface area contributed by atoms with Crippen LogP contribution in [0.5, 0.6) is 0 Å². The molecular formula is C37H69NO. The third-order valence-electron chi connectivity index (χ3n) is 7.74. The van der Waals surface area contributed by atoms with Crippen LogP contribution in [0.15, 0.2) is 48.6 Å². The zero-order chi connectivity index (χ0) is 28.3. The fourth-order valence-corrected chi connectivity index (χ4v) is 5.07. The number of quaternary nitrogens is 1. The van der Waals surface area contributed by atoms with Gasteiger partial charge >= 0.3 is 0 Å². The molecule has 2 nitrogen and oxygen atoms in total. The maximum Gasteiger partial charge on any atom is 0.0856 e. The third kappa shape index (κ3) is 33.0. The van der Waals surface area contributed by atoms with Crippen LogP contribution in [0.25, 0.3) is 0 Å². The van der Waals surface area contributed by atoms with Gasteiger partial charge in [-0.1, -0.05) is 140 Å². The fraction of sp³-hybridized carbons (Fsp3) is 0.784. The molecule has 0 aromatic heterocycles. The van der Waals surface area contributed by atoms with Crippen molar-refractivity contribution >= 4 is 0 Å². The van der Waals surface area contributed by atoms with Gasteiger partial charge in [0.25, 0.3) is 0 Å². The van der Waals surface area contributed by atoms with Crippen molar-refractivity contribution in [1.82, 2.24) is 0 Å². The maximum absolute atomic E-state index is 11.5.